The predicted octanol–water partition coefficient (Wildman–Crippen LogP) is 6.73. The summed E-state index contributed by atoms with van der Waals surface area (Å²) >= 11 is 6.15. The van der Waals surface area contributed by atoms with Gasteiger partial charge in [0.2, 0.25) is 5.91 Å². The molecule has 4 aromatic carbocycles. The molecule has 4 atom stereocenters. The van der Waals surface area contributed by atoms with Crippen LogP contribution in [0.4, 0.5) is 15.8 Å². The summed E-state index contributed by atoms with van der Waals surface area (Å²) in [6, 6.07) is 25.2. The lowest BCUT2D eigenvalue weighted by Gasteiger charge is -2.39. The number of nitrogens with zero attached hydrogens (tertiary/aromatic N) is 1. The fraction of sp³-hybridized carbons (Fsp3) is 0.147. The van der Waals surface area contributed by atoms with Crippen LogP contribution in [0.2, 0.25) is 5.02 Å². The van der Waals surface area contributed by atoms with Gasteiger partial charge in [0.25, 0.3) is 0 Å². The number of halogens is 2. The number of amides is 1. The number of carbonyl (C=O) groups is 3. The number of benzene rings is 4. The van der Waals surface area contributed by atoms with E-state index in [0.29, 0.717) is 21.8 Å². The number of nitrogens with one attached hydrogen (secondary N) is 1. The topological polar surface area (TPSA) is 66.5 Å². The van der Waals surface area contributed by atoms with Crippen LogP contribution in [-0.2, 0) is 10.2 Å². The number of ketones is 2. The summed E-state index contributed by atoms with van der Waals surface area (Å²) in [6.45, 7) is 1.98. The predicted molar refractivity (Wildman–Crippen MR) is 157 cm³/mol. The first kappa shape index (κ1) is 25.4. The van der Waals surface area contributed by atoms with Crippen molar-refractivity contribution >= 4 is 46.0 Å². The number of fused-ring (bicyclic) bond motifs is 6. The molecule has 0 bridgehead atoms. The van der Waals surface area contributed by atoms with Gasteiger partial charge in [-0.2, -0.15) is 0 Å². The minimum absolute atomic E-state index is 0.232. The van der Waals surface area contributed by atoms with Crippen LogP contribution < -0.4 is 10.2 Å². The number of para-hydroxylation sites is 2. The Morgan fingerprint density at radius 1 is 0.854 bits per heavy atom. The maximum absolute atomic E-state index is 14.7. The molecule has 1 spiro atoms. The molecular weight excluding hydrogens is 539 g/mol. The normalized spacial score (nSPS) is 23.9. The number of hydrogen-bond donors (Lipinski definition) is 1. The molecule has 5 nitrogen and oxygen atoms in total. The second kappa shape index (κ2) is 9.25. The van der Waals surface area contributed by atoms with Gasteiger partial charge in [-0.3, -0.25) is 14.4 Å². The van der Waals surface area contributed by atoms with Crippen molar-refractivity contribution in [1.82, 2.24) is 0 Å². The second-order valence-electron chi connectivity index (χ2n) is 10.8. The maximum atomic E-state index is 14.7. The number of hydrogen-bond acceptors (Lipinski definition) is 4. The van der Waals surface area contributed by atoms with E-state index in [9.17, 15) is 18.8 Å². The van der Waals surface area contributed by atoms with Crippen molar-refractivity contribution in [2.45, 2.75) is 24.4 Å². The van der Waals surface area contributed by atoms with E-state index in [2.05, 4.69) is 5.32 Å². The van der Waals surface area contributed by atoms with E-state index >= 15 is 0 Å². The molecule has 3 aliphatic heterocycles. The average Bonchev–Trinajstić information content (AvgIpc) is 3.45. The Balaban J connectivity index is 1.55. The van der Waals surface area contributed by atoms with Crippen LogP contribution in [0.5, 0.6) is 0 Å². The smallest absolute Gasteiger partial charge is 0.238 e. The van der Waals surface area contributed by atoms with E-state index < -0.39 is 35.0 Å². The fourth-order valence-electron chi connectivity index (χ4n) is 6.97. The summed E-state index contributed by atoms with van der Waals surface area (Å²) in [7, 11) is 0. The van der Waals surface area contributed by atoms with Crippen molar-refractivity contribution in [1.29, 1.82) is 0 Å². The zero-order valence-corrected chi connectivity index (χ0v) is 22.7. The number of Topliss-reactive ketones (excluding diaryl/α,β-unsaturated/α-hetero) is 2. The standard InChI is InChI=1S/C34H24ClFN2O3/c1-19-18-28-34(25-7-3-4-8-26(25)37-33(34)41)29(31(39)20-12-16-23(36)17-13-20)30(32(40)21-10-14-22(35)15-11-21)38(28)27-9-5-2-6-24(19)27/h2-18,28-30H,1H3,(H,37,41)/t28-,29+,30-,34+/m0/s1. The molecule has 3 aliphatic rings. The molecule has 1 saturated heterocycles. The molecule has 4 aromatic rings. The Bertz CT molecular complexity index is 1780. The number of rotatable bonds is 4. The van der Waals surface area contributed by atoms with Gasteiger partial charge in [-0.1, -0.05) is 54.1 Å². The largest absolute Gasteiger partial charge is 0.352 e. The first-order valence-corrected chi connectivity index (χ1v) is 13.8. The second-order valence-corrected chi connectivity index (χ2v) is 11.2. The third kappa shape index (κ3) is 3.57. The molecule has 202 valence electrons. The van der Waals surface area contributed by atoms with Crippen molar-refractivity contribution in [3.8, 4) is 0 Å². The molecule has 0 radical (unpaired) electrons. The van der Waals surface area contributed by atoms with E-state index in [1.54, 1.807) is 24.3 Å². The molecule has 1 amide bonds. The summed E-state index contributed by atoms with van der Waals surface area (Å²) in [5, 5.41) is 3.50. The lowest BCUT2D eigenvalue weighted by molar-refractivity contribution is -0.121. The van der Waals surface area contributed by atoms with Crippen molar-refractivity contribution in [3.05, 3.63) is 136 Å². The Morgan fingerprint density at radius 2 is 1.49 bits per heavy atom. The highest BCUT2D eigenvalue weighted by molar-refractivity contribution is 6.30. The fourth-order valence-corrected chi connectivity index (χ4v) is 7.09. The minimum atomic E-state index is -1.43. The lowest BCUT2D eigenvalue weighted by atomic mass is 9.64. The highest BCUT2D eigenvalue weighted by Gasteiger charge is 2.70. The van der Waals surface area contributed by atoms with Crippen LogP contribution in [0, 0.1) is 11.7 Å². The molecule has 7 heteroatoms. The van der Waals surface area contributed by atoms with E-state index in [0.717, 1.165) is 16.8 Å². The van der Waals surface area contributed by atoms with Gasteiger partial charge >= 0.3 is 0 Å². The highest BCUT2D eigenvalue weighted by Crippen LogP contribution is 2.58. The molecule has 0 aliphatic carbocycles. The molecule has 41 heavy (non-hydrogen) atoms. The van der Waals surface area contributed by atoms with Crippen LogP contribution in [0.25, 0.3) is 5.57 Å². The lowest BCUT2D eigenvalue weighted by Crippen LogP contribution is -2.51. The average molecular weight is 563 g/mol. The molecule has 0 unspecified atom stereocenters. The van der Waals surface area contributed by atoms with Gasteiger partial charge in [-0.15, -0.1) is 0 Å². The molecule has 1 fully saturated rings. The molecule has 7 rings (SSSR count). The number of anilines is 2. The number of allylic oxidation sites excluding steroid dienone is 1. The zero-order valence-electron chi connectivity index (χ0n) is 22.0. The van der Waals surface area contributed by atoms with Crippen molar-refractivity contribution in [2.75, 3.05) is 10.2 Å². The summed E-state index contributed by atoms with van der Waals surface area (Å²) in [5.41, 5.74) is 3.10. The third-order valence-corrected chi connectivity index (χ3v) is 8.94. The maximum Gasteiger partial charge on any atom is 0.238 e. The van der Waals surface area contributed by atoms with Gasteiger partial charge in [-0.05, 0) is 78.7 Å². The van der Waals surface area contributed by atoms with Crippen molar-refractivity contribution in [2.24, 2.45) is 5.92 Å². The van der Waals surface area contributed by atoms with Crippen LogP contribution in [0.15, 0.2) is 103 Å². The first-order chi connectivity index (χ1) is 19.8. The monoisotopic (exact) mass is 562 g/mol. The third-order valence-electron chi connectivity index (χ3n) is 8.69. The van der Waals surface area contributed by atoms with Crippen LogP contribution in [-0.4, -0.2) is 29.6 Å². The van der Waals surface area contributed by atoms with E-state index in [1.165, 1.54) is 24.3 Å². The minimum Gasteiger partial charge on any atom is -0.352 e. The van der Waals surface area contributed by atoms with Crippen molar-refractivity contribution in [3.63, 3.8) is 0 Å². The summed E-state index contributed by atoms with van der Waals surface area (Å²) in [4.78, 5) is 45.6. The van der Waals surface area contributed by atoms with E-state index in [-0.39, 0.29) is 17.3 Å². The molecule has 3 heterocycles. The zero-order chi connectivity index (χ0) is 28.5. The summed E-state index contributed by atoms with van der Waals surface area (Å²) in [6.07, 6.45) is 2.00. The Hall–Kier alpha value is -4.55. The molecule has 0 aromatic heterocycles. The van der Waals surface area contributed by atoms with Crippen molar-refractivity contribution < 1.29 is 18.8 Å². The van der Waals surface area contributed by atoms with Crippen LogP contribution >= 0.6 is 11.6 Å². The van der Waals surface area contributed by atoms with Gasteiger partial charge < -0.3 is 10.2 Å². The van der Waals surface area contributed by atoms with Gasteiger partial charge in [0.15, 0.2) is 11.6 Å². The van der Waals surface area contributed by atoms with E-state index in [1.807, 2.05) is 66.4 Å². The van der Waals surface area contributed by atoms with Crippen LogP contribution in [0.3, 0.4) is 0 Å². The highest BCUT2D eigenvalue weighted by atomic mass is 35.5. The van der Waals surface area contributed by atoms with Gasteiger partial charge in [0.1, 0.15) is 17.3 Å². The van der Waals surface area contributed by atoms with Crippen LogP contribution in [0.1, 0.15) is 38.8 Å². The van der Waals surface area contributed by atoms with Gasteiger partial charge in [-0.25, -0.2) is 4.39 Å². The Kier molecular flexibility index (Phi) is 5.73. The van der Waals surface area contributed by atoms with Gasteiger partial charge in [0, 0.05) is 33.1 Å². The first-order valence-electron chi connectivity index (χ1n) is 13.4. The summed E-state index contributed by atoms with van der Waals surface area (Å²) < 4.78 is 13.9. The molecule has 0 saturated carbocycles. The molecular formula is C34H24ClFN2O3. The Labute approximate surface area is 241 Å². The van der Waals surface area contributed by atoms with Gasteiger partial charge in [0.05, 0.1) is 12.0 Å². The van der Waals surface area contributed by atoms with E-state index in [4.69, 9.17) is 11.6 Å². The summed E-state index contributed by atoms with van der Waals surface area (Å²) in [5.74, 6) is -2.65. The Morgan fingerprint density at radius 3 is 2.24 bits per heavy atom. The quantitative estimate of drug-likeness (QED) is 0.280. The number of carbonyl (C=O) groups excluding carboxylic acids is 3. The molecule has 1 N–H and O–H groups in total. The SMILES string of the molecule is CC1=C[C@@H]2N(c3ccccc31)[C@H](C(=O)c1ccc(Cl)cc1)[C@H](C(=O)c1ccc(F)cc1)[C@]21C(=O)Nc2ccccc21.